The van der Waals surface area contributed by atoms with E-state index in [-0.39, 0.29) is 0 Å². The first-order valence-electron chi connectivity index (χ1n) is 5.92. The molecule has 0 aliphatic rings. The van der Waals surface area contributed by atoms with Crippen molar-refractivity contribution in [3.8, 4) is 0 Å². The number of thiophene rings is 1. The molecule has 0 bridgehead atoms. The van der Waals surface area contributed by atoms with Crippen LogP contribution in [-0.2, 0) is 6.54 Å². The Morgan fingerprint density at radius 1 is 1.38 bits per heavy atom. The van der Waals surface area contributed by atoms with E-state index in [4.69, 9.17) is 0 Å². The maximum absolute atomic E-state index is 3.55. The van der Waals surface area contributed by atoms with Gasteiger partial charge in [0.25, 0.3) is 0 Å². The normalized spacial score (nSPS) is 11.2. The summed E-state index contributed by atoms with van der Waals surface area (Å²) in [5, 5.41) is 5.61. The minimum absolute atomic E-state index is 0.974. The maximum atomic E-state index is 3.55. The van der Waals surface area contributed by atoms with Crippen LogP contribution in [0.5, 0.6) is 0 Å². The molecule has 0 saturated heterocycles. The highest BCUT2D eigenvalue weighted by atomic mass is 79.9. The van der Waals surface area contributed by atoms with Gasteiger partial charge in [0, 0.05) is 29.0 Å². The third kappa shape index (κ3) is 4.95. The van der Waals surface area contributed by atoms with Gasteiger partial charge >= 0.3 is 0 Å². The van der Waals surface area contributed by atoms with Crippen LogP contribution < -0.4 is 5.32 Å². The van der Waals surface area contributed by atoms with Crippen molar-refractivity contribution in [2.24, 2.45) is 0 Å². The quantitative estimate of drug-likeness (QED) is 0.741. The van der Waals surface area contributed by atoms with Crippen molar-refractivity contribution in [1.29, 1.82) is 0 Å². The molecule has 0 aliphatic carbocycles. The van der Waals surface area contributed by atoms with Gasteiger partial charge in [0.15, 0.2) is 0 Å². The van der Waals surface area contributed by atoms with Gasteiger partial charge in [-0.3, -0.25) is 0 Å². The van der Waals surface area contributed by atoms with E-state index in [0.717, 1.165) is 26.2 Å². The summed E-state index contributed by atoms with van der Waals surface area (Å²) in [6.07, 6.45) is 1.24. The first kappa shape index (κ1) is 14.2. The molecule has 0 aliphatic heterocycles. The van der Waals surface area contributed by atoms with Crippen molar-refractivity contribution in [3.05, 3.63) is 20.8 Å². The van der Waals surface area contributed by atoms with E-state index in [1.54, 1.807) is 11.3 Å². The van der Waals surface area contributed by atoms with Crippen molar-refractivity contribution >= 4 is 27.3 Å². The van der Waals surface area contributed by atoms with Crippen LogP contribution in [0, 0.1) is 0 Å². The first-order chi connectivity index (χ1) is 7.77. The molecule has 1 heterocycles. The summed E-state index contributed by atoms with van der Waals surface area (Å²) in [6, 6.07) is 2.11. The molecule has 2 nitrogen and oxygen atoms in total. The maximum Gasteiger partial charge on any atom is 0.0327 e. The molecule has 16 heavy (non-hydrogen) atoms. The zero-order chi connectivity index (χ0) is 11.8. The van der Waals surface area contributed by atoms with Gasteiger partial charge in [0.05, 0.1) is 0 Å². The Morgan fingerprint density at radius 2 is 2.19 bits per heavy atom. The van der Waals surface area contributed by atoms with Crippen molar-refractivity contribution in [2.75, 3.05) is 26.2 Å². The fourth-order valence-electron chi connectivity index (χ4n) is 1.63. The van der Waals surface area contributed by atoms with E-state index < -0.39 is 0 Å². The molecule has 0 atom stereocenters. The van der Waals surface area contributed by atoms with E-state index in [0.29, 0.717) is 0 Å². The number of halogens is 1. The molecule has 92 valence electrons. The molecular formula is C12H21BrN2S. The lowest BCUT2D eigenvalue weighted by Crippen LogP contribution is -2.32. The number of nitrogens with one attached hydrogen (secondary N) is 1. The molecule has 1 rings (SSSR count). The smallest absolute Gasteiger partial charge is 0.0327 e. The molecule has 4 heteroatoms. The Hall–Kier alpha value is 0.100. The Kier molecular flexibility index (Phi) is 7.28. The van der Waals surface area contributed by atoms with E-state index in [2.05, 4.69) is 51.4 Å². The van der Waals surface area contributed by atoms with Gasteiger partial charge in [0.2, 0.25) is 0 Å². The molecule has 0 unspecified atom stereocenters. The topological polar surface area (TPSA) is 15.3 Å². The largest absolute Gasteiger partial charge is 0.311 e. The van der Waals surface area contributed by atoms with E-state index in [1.165, 1.54) is 22.3 Å². The van der Waals surface area contributed by atoms with Gasteiger partial charge in [-0.25, -0.2) is 0 Å². The zero-order valence-corrected chi connectivity index (χ0v) is 12.5. The van der Waals surface area contributed by atoms with Gasteiger partial charge in [-0.15, -0.1) is 11.3 Å². The number of likely N-dealkylation sites (N-methyl/N-ethyl adjacent to an activating group) is 1. The summed E-state index contributed by atoms with van der Waals surface area (Å²) in [7, 11) is 0. The molecule has 1 aromatic heterocycles. The predicted octanol–water partition coefficient (Wildman–Crippen LogP) is 3.33. The van der Waals surface area contributed by atoms with E-state index in [1.807, 2.05) is 0 Å². The second-order valence-corrected chi connectivity index (χ2v) is 5.66. The number of hydrogen-bond acceptors (Lipinski definition) is 3. The summed E-state index contributed by atoms with van der Waals surface area (Å²) >= 11 is 5.35. The second kappa shape index (κ2) is 8.23. The van der Waals surface area contributed by atoms with Crippen molar-refractivity contribution in [2.45, 2.75) is 26.8 Å². The van der Waals surface area contributed by atoms with Crippen LogP contribution in [0.1, 0.15) is 25.1 Å². The van der Waals surface area contributed by atoms with E-state index in [9.17, 15) is 0 Å². The number of rotatable bonds is 8. The fourth-order valence-corrected chi connectivity index (χ4v) is 3.10. The van der Waals surface area contributed by atoms with Crippen LogP contribution in [0.3, 0.4) is 0 Å². The van der Waals surface area contributed by atoms with Gasteiger partial charge < -0.3 is 10.2 Å². The summed E-state index contributed by atoms with van der Waals surface area (Å²) < 4.78 is 1.23. The number of hydrogen-bond donors (Lipinski definition) is 1. The molecule has 0 radical (unpaired) electrons. The lowest BCUT2D eigenvalue weighted by molar-refractivity contribution is 0.287. The van der Waals surface area contributed by atoms with Crippen LogP contribution in [0.15, 0.2) is 15.9 Å². The molecule has 0 aromatic carbocycles. The van der Waals surface area contributed by atoms with Gasteiger partial charge in [0.1, 0.15) is 0 Å². The molecule has 1 N–H and O–H groups in total. The molecule has 0 amide bonds. The van der Waals surface area contributed by atoms with Crippen LogP contribution in [0.2, 0.25) is 0 Å². The van der Waals surface area contributed by atoms with Crippen molar-refractivity contribution in [3.63, 3.8) is 0 Å². The van der Waals surface area contributed by atoms with Crippen molar-refractivity contribution < 1.29 is 0 Å². The van der Waals surface area contributed by atoms with Crippen LogP contribution in [0.25, 0.3) is 0 Å². The minimum atomic E-state index is 0.974. The lowest BCUT2D eigenvalue weighted by atomic mass is 10.4. The fraction of sp³-hybridized carbons (Fsp3) is 0.667. The van der Waals surface area contributed by atoms with Crippen LogP contribution >= 0.6 is 27.3 Å². The molecular weight excluding hydrogens is 284 g/mol. The van der Waals surface area contributed by atoms with Crippen LogP contribution in [-0.4, -0.2) is 31.1 Å². The third-order valence-electron chi connectivity index (χ3n) is 2.57. The molecule has 0 saturated carbocycles. The zero-order valence-electron chi connectivity index (χ0n) is 10.1. The highest BCUT2D eigenvalue weighted by Crippen LogP contribution is 2.21. The number of nitrogens with zero attached hydrogens (tertiary/aromatic N) is 1. The van der Waals surface area contributed by atoms with Crippen molar-refractivity contribution in [1.82, 2.24) is 10.2 Å². The summed E-state index contributed by atoms with van der Waals surface area (Å²) in [4.78, 5) is 3.87. The van der Waals surface area contributed by atoms with Crippen LogP contribution in [0.4, 0.5) is 0 Å². The Morgan fingerprint density at radius 3 is 2.75 bits per heavy atom. The standard InChI is InChI=1S/C12H21BrN2S/c1-3-7-15(4-2)8-6-14-10-12-11(13)5-9-16-12/h5,9,14H,3-4,6-8,10H2,1-2H3. The highest BCUT2D eigenvalue weighted by Gasteiger charge is 2.02. The van der Waals surface area contributed by atoms with Gasteiger partial charge in [-0.2, -0.15) is 0 Å². The summed E-state index contributed by atoms with van der Waals surface area (Å²) in [5.74, 6) is 0. The predicted molar refractivity (Wildman–Crippen MR) is 76.1 cm³/mol. The summed E-state index contributed by atoms with van der Waals surface area (Å²) in [5.41, 5.74) is 0. The Balaban J connectivity index is 2.14. The van der Waals surface area contributed by atoms with E-state index >= 15 is 0 Å². The lowest BCUT2D eigenvalue weighted by Gasteiger charge is -2.19. The van der Waals surface area contributed by atoms with Gasteiger partial charge in [-0.05, 0) is 46.9 Å². The highest BCUT2D eigenvalue weighted by molar-refractivity contribution is 9.10. The first-order valence-corrected chi connectivity index (χ1v) is 7.60. The molecule has 0 spiro atoms. The second-order valence-electron chi connectivity index (χ2n) is 3.80. The third-order valence-corrected chi connectivity index (χ3v) is 4.49. The monoisotopic (exact) mass is 304 g/mol. The Bertz CT molecular complexity index is 288. The molecule has 1 aromatic rings. The Labute approximate surface area is 111 Å². The van der Waals surface area contributed by atoms with Gasteiger partial charge in [-0.1, -0.05) is 13.8 Å². The molecule has 0 fully saturated rings. The average Bonchev–Trinajstić information content (AvgIpc) is 2.69. The SMILES string of the molecule is CCCN(CC)CCNCc1sccc1Br. The summed E-state index contributed by atoms with van der Waals surface area (Å²) in [6.45, 7) is 10.0. The minimum Gasteiger partial charge on any atom is -0.311 e. The average molecular weight is 305 g/mol.